The highest BCUT2D eigenvalue weighted by molar-refractivity contribution is 5.30. The van der Waals surface area contributed by atoms with Crippen LogP contribution in [0.5, 0.6) is 0 Å². The molecule has 0 spiro atoms. The average molecular weight is 149 g/mol. The molecule has 1 fully saturated rings. The van der Waals surface area contributed by atoms with E-state index in [9.17, 15) is 0 Å². The lowest BCUT2D eigenvalue weighted by Crippen LogP contribution is -1.95. The van der Waals surface area contributed by atoms with Crippen LogP contribution in [0.1, 0.15) is 24.5 Å². The predicted molar refractivity (Wildman–Crippen MR) is 43.6 cm³/mol. The van der Waals surface area contributed by atoms with Crippen LogP contribution < -0.4 is 5.32 Å². The highest BCUT2D eigenvalue weighted by Gasteiger charge is 2.24. The molecule has 0 bridgehead atoms. The van der Waals surface area contributed by atoms with Gasteiger partial charge in [0.05, 0.1) is 18.1 Å². The van der Waals surface area contributed by atoms with Crippen molar-refractivity contribution >= 4 is 5.82 Å². The molecule has 1 aliphatic carbocycles. The van der Waals surface area contributed by atoms with Gasteiger partial charge in [-0.15, -0.1) is 0 Å². The average Bonchev–Trinajstić information content (AvgIpc) is 2.87. The molecule has 1 aromatic rings. The van der Waals surface area contributed by atoms with Crippen LogP contribution >= 0.6 is 0 Å². The summed E-state index contributed by atoms with van der Waals surface area (Å²) in [5.41, 5.74) is 1.14. The molecule has 0 atom stereocenters. The number of nitrogens with zero attached hydrogens (tertiary/aromatic N) is 2. The molecule has 11 heavy (non-hydrogen) atoms. The number of hydrogen-bond acceptors (Lipinski definition) is 3. The van der Waals surface area contributed by atoms with Crippen LogP contribution in [0.25, 0.3) is 0 Å². The van der Waals surface area contributed by atoms with Crippen molar-refractivity contribution in [3.05, 3.63) is 18.1 Å². The minimum Gasteiger partial charge on any atom is -0.372 e. The van der Waals surface area contributed by atoms with Crippen molar-refractivity contribution in [2.75, 3.05) is 12.4 Å². The van der Waals surface area contributed by atoms with Gasteiger partial charge in [0.1, 0.15) is 5.82 Å². The van der Waals surface area contributed by atoms with Crippen molar-refractivity contribution in [2.24, 2.45) is 0 Å². The third-order valence-electron chi connectivity index (χ3n) is 1.92. The molecule has 0 aliphatic heterocycles. The number of hydrogen-bond donors (Lipinski definition) is 1. The summed E-state index contributed by atoms with van der Waals surface area (Å²) in [5, 5.41) is 2.94. The monoisotopic (exact) mass is 149 g/mol. The molecule has 0 unspecified atom stereocenters. The minimum absolute atomic E-state index is 0.702. The molecule has 1 N–H and O–H groups in total. The van der Waals surface area contributed by atoms with E-state index in [-0.39, 0.29) is 0 Å². The third kappa shape index (κ3) is 1.31. The number of anilines is 1. The predicted octanol–water partition coefficient (Wildman–Crippen LogP) is 1.40. The maximum Gasteiger partial charge on any atom is 0.144 e. The summed E-state index contributed by atoms with van der Waals surface area (Å²) in [7, 11) is 1.85. The molecular weight excluding hydrogens is 138 g/mol. The Labute approximate surface area is 65.9 Å². The fourth-order valence-corrected chi connectivity index (χ4v) is 1.06. The second-order valence-electron chi connectivity index (χ2n) is 2.85. The van der Waals surface area contributed by atoms with Crippen LogP contribution in [0, 0.1) is 0 Å². The summed E-state index contributed by atoms with van der Waals surface area (Å²) in [5.74, 6) is 1.54. The molecule has 0 radical (unpaired) electrons. The van der Waals surface area contributed by atoms with E-state index in [2.05, 4.69) is 15.3 Å². The fourth-order valence-electron chi connectivity index (χ4n) is 1.06. The zero-order chi connectivity index (χ0) is 7.68. The Morgan fingerprint density at radius 1 is 1.36 bits per heavy atom. The highest BCUT2D eigenvalue weighted by Crippen LogP contribution is 2.38. The maximum atomic E-state index is 4.29. The van der Waals surface area contributed by atoms with Gasteiger partial charge in [-0.1, -0.05) is 0 Å². The lowest BCUT2D eigenvalue weighted by Gasteiger charge is -1.98. The van der Waals surface area contributed by atoms with Crippen molar-refractivity contribution in [2.45, 2.75) is 18.8 Å². The summed E-state index contributed by atoms with van der Waals surface area (Å²) >= 11 is 0. The van der Waals surface area contributed by atoms with Gasteiger partial charge in [-0.05, 0) is 12.8 Å². The zero-order valence-corrected chi connectivity index (χ0v) is 6.54. The van der Waals surface area contributed by atoms with Crippen LogP contribution in [0.3, 0.4) is 0 Å². The molecule has 3 nitrogen and oxygen atoms in total. The molecule has 58 valence electrons. The lowest BCUT2D eigenvalue weighted by atomic mass is 10.3. The quantitative estimate of drug-likeness (QED) is 0.690. The second kappa shape index (κ2) is 2.49. The Bertz CT molecular complexity index is 238. The van der Waals surface area contributed by atoms with Crippen LogP contribution in [0.2, 0.25) is 0 Å². The standard InChI is InChI=1S/C8H11N3/c1-9-8-5-10-7(4-11-8)6-2-3-6/h4-6H,2-3H2,1H3,(H,9,11). The molecule has 0 saturated heterocycles. The van der Waals surface area contributed by atoms with Gasteiger partial charge in [-0.25, -0.2) is 4.98 Å². The lowest BCUT2D eigenvalue weighted by molar-refractivity contribution is 0.989. The molecular formula is C8H11N3. The highest BCUT2D eigenvalue weighted by atomic mass is 15.0. The van der Waals surface area contributed by atoms with Crippen molar-refractivity contribution < 1.29 is 0 Å². The molecule has 2 rings (SSSR count). The number of rotatable bonds is 2. The van der Waals surface area contributed by atoms with Gasteiger partial charge in [-0.3, -0.25) is 4.98 Å². The van der Waals surface area contributed by atoms with E-state index < -0.39 is 0 Å². The van der Waals surface area contributed by atoms with E-state index in [1.54, 1.807) is 6.20 Å². The molecule has 1 aromatic heterocycles. The first-order valence-corrected chi connectivity index (χ1v) is 3.90. The Balaban J connectivity index is 2.19. The van der Waals surface area contributed by atoms with Gasteiger partial charge < -0.3 is 5.32 Å². The Morgan fingerprint density at radius 3 is 2.64 bits per heavy atom. The van der Waals surface area contributed by atoms with E-state index in [1.165, 1.54) is 12.8 Å². The van der Waals surface area contributed by atoms with Crippen LogP contribution in [-0.4, -0.2) is 17.0 Å². The van der Waals surface area contributed by atoms with E-state index in [0.29, 0.717) is 5.92 Å². The van der Waals surface area contributed by atoms with Crippen LogP contribution in [-0.2, 0) is 0 Å². The first-order chi connectivity index (χ1) is 5.40. The maximum absolute atomic E-state index is 4.29. The molecule has 1 heterocycles. The number of nitrogens with one attached hydrogen (secondary N) is 1. The van der Waals surface area contributed by atoms with Crippen LogP contribution in [0.4, 0.5) is 5.82 Å². The van der Waals surface area contributed by atoms with Gasteiger partial charge in [0, 0.05) is 13.0 Å². The van der Waals surface area contributed by atoms with E-state index in [1.807, 2.05) is 13.2 Å². The fraction of sp³-hybridized carbons (Fsp3) is 0.500. The SMILES string of the molecule is CNc1cnc(C2CC2)cn1. The van der Waals surface area contributed by atoms with Crippen LogP contribution in [0.15, 0.2) is 12.4 Å². The van der Waals surface area contributed by atoms with Gasteiger partial charge >= 0.3 is 0 Å². The summed E-state index contributed by atoms with van der Waals surface area (Å²) < 4.78 is 0. The Kier molecular flexibility index (Phi) is 1.49. The molecule has 1 aliphatic rings. The van der Waals surface area contributed by atoms with E-state index in [0.717, 1.165) is 11.5 Å². The Morgan fingerprint density at radius 2 is 2.18 bits per heavy atom. The molecule has 0 aromatic carbocycles. The van der Waals surface area contributed by atoms with E-state index in [4.69, 9.17) is 0 Å². The van der Waals surface area contributed by atoms with Gasteiger partial charge in [-0.2, -0.15) is 0 Å². The minimum atomic E-state index is 0.702. The van der Waals surface area contributed by atoms with Crippen molar-refractivity contribution in [3.63, 3.8) is 0 Å². The van der Waals surface area contributed by atoms with Crippen molar-refractivity contribution in [1.82, 2.24) is 9.97 Å². The molecule has 3 heteroatoms. The van der Waals surface area contributed by atoms with Crippen molar-refractivity contribution in [3.8, 4) is 0 Å². The first kappa shape index (κ1) is 6.58. The smallest absolute Gasteiger partial charge is 0.144 e. The summed E-state index contributed by atoms with van der Waals surface area (Å²) in [6.45, 7) is 0. The third-order valence-corrected chi connectivity index (χ3v) is 1.92. The molecule has 0 amide bonds. The zero-order valence-electron chi connectivity index (χ0n) is 6.54. The van der Waals surface area contributed by atoms with E-state index >= 15 is 0 Å². The Hall–Kier alpha value is -1.12. The number of aromatic nitrogens is 2. The second-order valence-corrected chi connectivity index (χ2v) is 2.85. The summed E-state index contributed by atoms with van der Waals surface area (Å²) in [4.78, 5) is 8.47. The van der Waals surface area contributed by atoms with Gasteiger partial charge in [0.25, 0.3) is 0 Å². The summed E-state index contributed by atoms with van der Waals surface area (Å²) in [6.07, 6.45) is 6.22. The van der Waals surface area contributed by atoms with Gasteiger partial charge in [0.15, 0.2) is 0 Å². The van der Waals surface area contributed by atoms with Crippen molar-refractivity contribution in [1.29, 1.82) is 0 Å². The largest absolute Gasteiger partial charge is 0.372 e. The topological polar surface area (TPSA) is 37.8 Å². The normalized spacial score (nSPS) is 16.5. The first-order valence-electron chi connectivity index (χ1n) is 3.90. The summed E-state index contributed by atoms with van der Waals surface area (Å²) in [6, 6.07) is 0. The van der Waals surface area contributed by atoms with Gasteiger partial charge in [0.2, 0.25) is 0 Å². The molecule has 1 saturated carbocycles.